The van der Waals surface area contributed by atoms with Gasteiger partial charge in [0.1, 0.15) is 5.82 Å². The third kappa shape index (κ3) is 4.69. The minimum Gasteiger partial charge on any atom is -0.331 e. The largest absolute Gasteiger partial charge is 0.331 e. The van der Waals surface area contributed by atoms with Crippen molar-refractivity contribution in [3.8, 4) is 11.4 Å². The number of imidazole rings is 1. The summed E-state index contributed by atoms with van der Waals surface area (Å²) in [7, 11) is -3.65. The number of ketones is 1. The van der Waals surface area contributed by atoms with E-state index in [1.807, 2.05) is 41.1 Å². The van der Waals surface area contributed by atoms with Crippen LogP contribution in [0.25, 0.3) is 11.4 Å². The van der Waals surface area contributed by atoms with Crippen molar-refractivity contribution in [3.05, 3.63) is 72.6 Å². The predicted molar refractivity (Wildman–Crippen MR) is 104 cm³/mol. The van der Waals surface area contributed by atoms with E-state index in [1.165, 1.54) is 19.1 Å². The van der Waals surface area contributed by atoms with Crippen molar-refractivity contribution in [1.29, 1.82) is 0 Å². The first-order valence-electron chi connectivity index (χ1n) is 8.64. The van der Waals surface area contributed by atoms with Gasteiger partial charge in [-0.3, -0.25) is 4.79 Å². The number of benzene rings is 2. The first-order valence-corrected chi connectivity index (χ1v) is 10.1. The molecule has 3 rings (SSSR count). The molecule has 1 heterocycles. The molecule has 0 bridgehead atoms. The second-order valence-corrected chi connectivity index (χ2v) is 7.91. The number of nitrogens with one attached hydrogen (secondary N) is 1. The van der Waals surface area contributed by atoms with E-state index in [1.54, 1.807) is 18.3 Å². The van der Waals surface area contributed by atoms with Crippen molar-refractivity contribution in [2.45, 2.75) is 24.8 Å². The van der Waals surface area contributed by atoms with Crippen LogP contribution in [0, 0.1) is 0 Å². The van der Waals surface area contributed by atoms with Gasteiger partial charge in [0.2, 0.25) is 10.0 Å². The summed E-state index contributed by atoms with van der Waals surface area (Å²) in [6.07, 6.45) is 4.23. The number of nitrogens with zero attached hydrogens (tertiary/aromatic N) is 2. The van der Waals surface area contributed by atoms with Crippen LogP contribution in [0.1, 0.15) is 23.7 Å². The molecule has 3 aromatic rings. The van der Waals surface area contributed by atoms with E-state index in [9.17, 15) is 13.2 Å². The van der Waals surface area contributed by atoms with Crippen LogP contribution < -0.4 is 4.72 Å². The maximum absolute atomic E-state index is 12.4. The summed E-state index contributed by atoms with van der Waals surface area (Å²) in [6, 6.07) is 15.9. The molecular formula is C20H21N3O3S. The fourth-order valence-corrected chi connectivity index (χ4v) is 3.88. The number of carbonyl (C=O) groups is 1. The van der Waals surface area contributed by atoms with Gasteiger partial charge in [-0.05, 0) is 25.5 Å². The van der Waals surface area contributed by atoms with Crippen molar-refractivity contribution in [3.63, 3.8) is 0 Å². The van der Waals surface area contributed by atoms with Gasteiger partial charge < -0.3 is 4.57 Å². The quantitative estimate of drug-likeness (QED) is 0.479. The second-order valence-electron chi connectivity index (χ2n) is 6.15. The lowest BCUT2D eigenvalue weighted by Gasteiger charge is -2.10. The molecule has 7 heteroatoms. The van der Waals surface area contributed by atoms with Gasteiger partial charge in [-0.1, -0.05) is 42.5 Å². The van der Waals surface area contributed by atoms with Gasteiger partial charge >= 0.3 is 0 Å². The Morgan fingerprint density at radius 3 is 2.63 bits per heavy atom. The Balaban J connectivity index is 1.60. The van der Waals surface area contributed by atoms with Crippen LogP contribution in [0.2, 0.25) is 0 Å². The summed E-state index contributed by atoms with van der Waals surface area (Å²) in [5.74, 6) is 0.688. The van der Waals surface area contributed by atoms with Crippen molar-refractivity contribution in [2.24, 2.45) is 0 Å². The smallest absolute Gasteiger partial charge is 0.240 e. The zero-order chi connectivity index (χ0) is 19.3. The van der Waals surface area contributed by atoms with Crippen molar-refractivity contribution in [2.75, 3.05) is 6.54 Å². The monoisotopic (exact) mass is 383 g/mol. The number of Topliss-reactive ketones (excluding diaryl/α,β-unsaturated/α-hetero) is 1. The highest BCUT2D eigenvalue weighted by atomic mass is 32.2. The van der Waals surface area contributed by atoms with E-state index in [-0.39, 0.29) is 10.7 Å². The summed E-state index contributed by atoms with van der Waals surface area (Å²) < 4.78 is 29.4. The molecule has 0 saturated heterocycles. The maximum Gasteiger partial charge on any atom is 0.240 e. The minimum atomic E-state index is -3.65. The van der Waals surface area contributed by atoms with Gasteiger partial charge in [0, 0.05) is 36.6 Å². The average Bonchev–Trinajstić information content (AvgIpc) is 3.14. The average molecular weight is 383 g/mol. The number of aryl methyl sites for hydroxylation is 1. The van der Waals surface area contributed by atoms with Gasteiger partial charge in [-0.25, -0.2) is 18.1 Å². The van der Waals surface area contributed by atoms with E-state index >= 15 is 0 Å². The van der Waals surface area contributed by atoms with E-state index in [0.717, 1.165) is 11.4 Å². The van der Waals surface area contributed by atoms with E-state index in [4.69, 9.17) is 0 Å². The third-order valence-corrected chi connectivity index (χ3v) is 5.62. The highest BCUT2D eigenvalue weighted by Gasteiger charge is 2.15. The zero-order valence-electron chi connectivity index (χ0n) is 15.0. The van der Waals surface area contributed by atoms with Crippen LogP contribution in [-0.4, -0.2) is 30.3 Å². The van der Waals surface area contributed by atoms with Crippen LogP contribution in [-0.2, 0) is 16.6 Å². The van der Waals surface area contributed by atoms with E-state index in [2.05, 4.69) is 9.71 Å². The fourth-order valence-electron chi connectivity index (χ4n) is 2.76. The predicted octanol–water partition coefficient (Wildman–Crippen LogP) is 3.12. The summed E-state index contributed by atoms with van der Waals surface area (Å²) in [5.41, 5.74) is 1.40. The number of carbonyl (C=O) groups excluding carboxylic acids is 1. The molecule has 0 saturated carbocycles. The Morgan fingerprint density at radius 2 is 1.89 bits per heavy atom. The van der Waals surface area contributed by atoms with E-state index in [0.29, 0.717) is 25.1 Å². The Kier molecular flexibility index (Phi) is 5.83. The van der Waals surface area contributed by atoms with Gasteiger partial charge in [-0.2, -0.15) is 0 Å². The number of aromatic nitrogens is 2. The maximum atomic E-state index is 12.4. The van der Waals surface area contributed by atoms with Crippen LogP contribution >= 0.6 is 0 Å². The van der Waals surface area contributed by atoms with Crippen molar-refractivity contribution >= 4 is 15.8 Å². The molecule has 140 valence electrons. The molecule has 0 unspecified atom stereocenters. The van der Waals surface area contributed by atoms with Gasteiger partial charge in [0.25, 0.3) is 0 Å². The van der Waals surface area contributed by atoms with Gasteiger partial charge in [0.15, 0.2) is 5.78 Å². The topological polar surface area (TPSA) is 81.1 Å². The number of hydrogen-bond acceptors (Lipinski definition) is 4. The molecule has 27 heavy (non-hydrogen) atoms. The molecule has 6 nitrogen and oxygen atoms in total. The number of hydrogen-bond donors (Lipinski definition) is 1. The Hall–Kier alpha value is -2.77. The summed E-state index contributed by atoms with van der Waals surface area (Å²) >= 11 is 0. The van der Waals surface area contributed by atoms with Crippen molar-refractivity contribution < 1.29 is 13.2 Å². The molecule has 0 aliphatic rings. The van der Waals surface area contributed by atoms with Crippen LogP contribution in [0.3, 0.4) is 0 Å². The molecule has 0 aliphatic carbocycles. The molecular weight excluding hydrogens is 362 g/mol. The molecule has 0 atom stereocenters. The Bertz CT molecular complexity index is 1030. The molecule has 1 N–H and O–H groups in total. The molecule has 0 fully saturated rings. The standard InChI is InChI=1S/C20H21N3O3S/c1-16(24)18-9-5-10-19(15-18)27(25,26)22-11-6-13-23-14-12-21-20(23)17-7-3-2-4-8-17/h2-5,7-10,12,14-15,22H,6,11,13H2,1H3. The van der Waals surface area contributed by atoms with Gasteiger partial charge in [-0.15, -0.1) is 0 Å². The summed E-state index contributed by atoms with van der Waals surface area (Å²) in [5, 5.41) is 0. The molecule has 0 spiro atoms. The minimum absolute atomic E-state index is 0.0998. The lowest BCUT2D eigenvalue weighted by molar-refractivity contribution is 0.101. The summed E-state index contributed by atoms with van der Waals surface area (Å²) in [6.45, 7) is 2.34. The molecule has 2 aromatic carbocycles. The first-order chi connectivity index (χ1) is 13.0. The Labute approximate surface area is 158 Å². The lowest BCUT2D eigenvalue weighted by Crippen LogP contribution is -2.25. The molecule has 0 amide bonds. The summed E-state index contributed by atoms with van der Waals surface area (Å²) in [4.78, 5) is 15.9. The van der Waals surface area contributed by atoms with Crippen LogP contribution in [0.15, 0.2) is 71.9 Å². The molecule has 1 aromatic heterocycles. The third-order valence-electron chi connectivity index (χ3n) is 4.17. The molecule has 0 aliphatic heterocycles. The normalized spacial score (nSPS) is 11.4. The van der Waals surface area contributed by atoms with E-state index < -0.39 is 10.0 Å². The van der Waals surface area contributed by atoms with Crippen LogP contribution in [0.4, 0.5) is 0 Å². The Morgan fingerprint density at radius 1 is 1.11 bits per heavy atom. The SMILES string of the molecule is CC(=O)c1cccc(S(=O)(=O)NCCCn2ccnc2-c2ccccc2)c1. The van der Waals surface area contributed by atoms with Gasteiger partial charge in [0.05, 0.1) is 4.90 Å². The number of sulfonamides is 1. The second kappa shape index (κ2) is 8.28. The molecule has 0 radical (unpaired) electrons. The van der Waals surface area contributed by atoms with Crippen molar-refractivity contribution in [1.82, 2.24) is 14.3 Å². The first kappa shape index (κ1) is 19.0. The van der Waals surface area contributed by atoms with Crippen LogP contribution in [0.5, 0.6) is 0 Å². The highest BCUT2D eigenvalue weighted by molar-refractivity contribution is 7.89. The lowest BCUT2D eigenvalue weighted by atomic mass is 10.2. The fraction of sp³-hybridized carbons (Fsp3) is 0.200. The zero-order valence-corrected chi connectivity index (χ0v) is 15.8. The highest BCUT2D eigenvalue weighted by Crippen LogP contribution is 2.17. The number of rotatable bonds is 8.